The molecular weight excluding hydrogens is 366 g/mol. The summed E-state index contributed by atoms with van der Waals surface area (Å²) in [6.07, 6.45) is -6.18. The average Bonchev–Trinajstić information content (AvgIpc) is 2.49. The van der Waals surface area contributed by atoms with E-state index in [0.29, 0.717) is 0 Å². The van der Waals surface area contributed by atoms with E-state index in [-0.39, 0.29) is 6.61 Å². The summed E-state index contributed by atoms with van der Waals surface area (Å²) >= 11 is 0. The predicted molar refractivity (Wildman–Crippen MR) is 85.8 cm³/mol. The van der Waals surface area contributed by atoms with Crippen LogP contribution >= 0.6 is 0 Å². The molecule has 27 heavy (non-hydrogen) atoms. The third kappa shape index (κ3) is 7.21. The summed E-state index contributed by atoms with van der Waals surface area (Å²) in [4.78, 5) is 57.2. The van der Waals surface area contributed by atoms with Crippen LogP contribution in [0.3, 0.4) is 0 Å². The molecule has 0 aromatic heterocycles. The topological polar surface area (TPSA) is 144 Å². The molecule has 1 amide bonds. The molecule has 1 heterocycles. The van der Waals surface area contributed by atoms with Gasteiger partial charge in [-0.25, -0.2) is 0 Å². The van der Waals surface area contributed by atoms with Crippen molar-refractivity contribution in [1.29, 1.82) is 0 Å². The van der Waals surface area contributed by atoms with Crippen molar-refractivity contribution in [1.82, 2.24) is 5.32 Å². The van der Waals surface area contributed by atoms with Crippen LogP contribution in [0, 0.1) is 0 Å². The maximum atomic E-state index is 11.6. The highest BCUT2D eigenvalue weighted by Gasteiger charge is 2.52. The summed E-state index contributed by atoms with van der Waals surface area (Å²) in [6.45, 7) is 5.36. The van der Waals surface area contributed by atoms with Crippen LogP contribution < -0.4 is 5.32 Å². The molecule has 1 N–H and O–H groups in total. The van der Waals surface area contributed by atoms with Gasteiger partial charge in [-0.05, 0) is 0 Å². The van der Waals surface area contributed by atoms with Crippen LogP contribution in [0.2, 0.25) is 0 Å². The highest BCUT2D eigenvalue weighted by Crippen LogP contribution is 2.28. The molecule has 5 unspecified atom stereocenters. The molecule has 0 bridgehead atoms. The van der Waals surface area contributed by atoms with Crippen molar-refractivity contribution in [3.05, 3.63) is 0 Å². The number of amides is 1. The van der Waals surface area contributed by atoms with Gasteiger partial charge in [-0.3, -0.25) is 24.0 Å². The van der Waals surface area contributed by atoms with E-state index in [1.807, 2.05) is 0 Å². The summed E-state index contributed by atoms with van der Waals surface area (Å²) in [5, 5.41) is 2.42. The number of esters is 4. The van der Waals surface area contributed by atoms with Gasteiger partial charge in [0.25, 0.3) is 0 Å². The maximum Gasteiger partial charge on any atom is 0.303 e. The Morgan fingerprint density at radius 2 is 1.22 bits per heavy atom. The lowest BCUT2D eigenvalue weighted by Gasteiger charge is -2.44. The molecular formula is C16H23NO10. The Morgan fingerprint density at radius 1 is 0.741 bits per heavy atom. The second-order valence-electron chi connectivity index (χ2n) is 5.82. The normalized spacial score (nSPS) is 27.1. The van der Waals surface area contributed by atoms with Gasteiger partial charge in [-0.2, -0.15) is 0 Å². The van der Waals surface area contributed by atoms with Crippen molar-refractivity contribution >= 4 is 29.8 Å². The van der Waals surface area contributed by atoms with Crippen LogP contribution in [0.15, 0.2) is 0 Å². The Bertz CT molecular complexity index is 604. The monoisotopic (exact) mass is 389 g/mol. The standard InChI is InChI=1S/C16H23NO10/c1-7(18)17-16-15(26-11(5)22)14(25-10(4)21)13(24-9(3)20)12(27-16)6-23-8(2)19/h12-16H,6H2,1-5H3,(H,17,18). The number of carbonyl (C=O) groups excluding carboxylic acids is 5. The smallest absolute Gasteiger partial charge is 0.303 e. The average molecular weight is 389 g/mol. The fraction of sp³-hybridized carbons (Fsp3) is 0.688. The van der Waals surface area contributed by atoms with Crippen LogP contribution in [-0.2, 0) is 47.7 Å². The minimum Gasteiger partial charge on any atom is -0.463 e. The van der Waals surface area contributed by atoms with E-state index in [2.05, 4.69) is 5.32 Å². The first-order valence-electron chi connectivity index (χ1n) is 8.08. The van der Waals surface area contributed by atoms with Gasteiger partial charge in [0, 0.05) is 34.6 Å². The number of hydrogen-bond acceptors (Lipinski definition) is 10. The molecule has 1 aliphatic heterocycles. The minimum absolute atomic E-state index is 0.353. The Balaban J connectivity index is 3.29. The van der Waals surface area contributed by atoms with E-state index >= 15 is 0 Å². The Kier molecular flexibility index (Phi) is 8.16. The maximum absolute atomic E-state index is 11.6. The van der Waals surface area contributed by atoms with Crippen molar-refractivity contribution in [2.24, 2.45) is 0 Å². The second kappa shape index (κ2) is 9.86. The SMILES string of the molecule is CC(=O)NC1OC(COC(C)=O)C(OC(C)=O)C(OC(C)=O)C1OC(C)=O. The van der Waals surface area contributed by atoms with E-state index in [1.54, 1.807) is 0 Å². The zero-order valence-electron chi connectivity index (χ0n) is 15.7. The molecule has 1 rings (SSSR count). The zero-order valence-corrected chi connectivity index (χ0v) is 15.7. The molecule has 1 aliphatic rings. The zero-order chi connectivity index (χ0) is 20.7. The van der Waals surface area contributed by atoms with Crippen molar-refractivity contribution in [2.45, 2.75) is 65.3 Å². The third-order valence-electron chi connectivity index (χ3n) is 3.34. The molecule has 11 nitrogen and oxygen atoms in total. The van der Waals surface area contributed by atoms with E-state index in [9.17, 15) is 24.0 Å². The fourth-order valence-electron chi connectivity index (χ4n) is 2.54. The largest absolute Gasteiger partial charge is 0.463 e. The van der Waals surface area contributed by atoms with Gasteiger partial charge >= 0.3 is 23.9 Å². The number of ether oxygens (including phenoxy) is 5. The summed E-state index contributed by atoms with van der Waals surface area (Å²) in [6, 6.07) is 0. The van der Waals surface area contributed by atoms with E-state index in [0.717, 1.165) is 20.8 Å². The van der Waals surface area contributed by atoms with E-state index in [1.165, 1.54) is 13.8 Å². The van der Waals surface area contributed by atoms with Crippen molar-refractivity contribution in [3.63, 3.8) is 0 Å². The summed E-state index contributed by atoms with van der Waals surface area (Å²) in [5.41, 5.74) is 0. The van der Waals surface area contributed by atoms with Gasteiger partial charge < -0.3 is 29.0 Å². The molecule has 0 radical (unpaired) electrons. The molecule has 0 saturated carbocycles. The Labute approximate surface area is 155 Å². The van der Waals surface area contributed by atoms with Gasteiger partial charge in [0.05, 0.1) is 0 Å². The van der Waals surface area contributed by atoms with Gasteiger partial charge in [0.15, 0.2) is 24.5 Å². The number of rotatable bonds is 6. The summed E-state index contributed by atoms with van der Waals surface area (Å²) in [5.74, 6) is -3.36. The lowest BCUT2D eigenvalue weighted by atomic mass is 9.97. The number of nitrogens with one attached hydrogen (secondary N) is 1. The highest BCUT2D eigenvalue weighted by molar-refractivity contribution is 5.73. The van der Waals surface area contributed by atoms with Crippen molar-refractivity contribution < 1.29 is 47.7 Å². The highest BCUT2D eigenvalue weighted by atomic mass is 16.7. The first-order chi connectivity index (χ1) is 12.5. The lowest BCUT2D eigenvalue weighted by Crippen LogP contribution is -2.66. The Hall–Kier alpha value is -2.69. The van der Waals surface area contributed by atoms with Gasteiger partial charge in [0.2, 0.25) is 5.91 Å². The molecule has 1 saturated heterocycles. The van der Waals surface area contributed by atoms with Gasteiger partial charge in [-0.1, -0.05) is 0 Å². The summed E-state index contributed by atoms with van der Waals surface area (Å²) in [7, 11) is 0. The van der Waals surface area contributed by atoms with Gasteiger partial charge in [0.1, 0.15) is 12.7 Å². The molecule has 0 aromatic carbocycles. The van der Waals surface area contributed by atoms with Crippen LogP contribution in [0.1, 0.15) is 34.6 Å². The molecule has 0 aromatic rings. The molecule has 11 heteroatoms. The molecule has 0 aliphatic carbocycles. The van der Waals surface area contributed by atoms with Crippen LogP contribution in [0.25, 0.3) is 0 Å². The first-order valence-corrected chi connectivity index (χ1v) is 8.08. The lowest BCUT2D eigenvalue weighted by molar-refractivity contribution is -0.256. The summed E-state index contributed by atoms with van der Waals surface area (Å²) < 4.78 is 26.1. The quantitative estimate of drug-likeness (QED) is 0.453. The minimum atomic E-state index is -1.30. The van der Waals surface area contributed by atoms with Crippen molar-refractivity contribution in [2.75, 3.05) is 6.61 Å². The van der Waals surface area contributed by atoms with Crippen LogP contribution in [0.4, 0.5) is 0 Å². The number of hydrogen-bond donors (Lipinski definition) is 1. The molecule has 0 spiro atoms. The molecule has 152 valence electrons. The van der Waals surface area contributed by atoms with E-state index < -0.39 is 60.4 Å². The second-order valence-corrected chi connectivity index (χ2v) is 5.82. The third-order valence-corrected chi connectivity index (χ3v) is 3.34. The first kappa shape index (κ1) is 22.4. The number of carbonyl (C=O) groups is 5. The van der Waals surface area contributed by atoms with E-state index in [4.69, 9.17) is 23.7 Å². The predicted octanol–water partition coefficient (Wildman–Crippen LogP) is -0.794. The molecule has 1 fully saturated rings. The van der Waals surface area contributed by atoms with Crippen molar-refractivity contribution in [3.8, 4) is 0 Å². The van der Waals surface area contributed by atoms with Crippen LogP contribution in [0.5, 0.6) is 0 Å². The molecule has 5 atom stereocenters. The Morgan fingerprint density at radius 3 is 1.67 bits per heavy atom. The van der Waals surface area contributed by atoms with Crippen LogP contribution in [-0.4, -0.2) is 67.0 Å². The fourth-order valence-corrected chi connectivity index (χ4v) is 2.54. The van der Waals surface area contributed by atoms with Gasteiger partial charge in [-0.15, -0.1) is 0 Å².